The molecule has 1 unspecified atom stereocenters. The Morgan fingerprint density at radius 2 is 1.93 bits per heavy atom. The summed E-state index contributed by atoms with van der Waals surface area (Å²) in [6.45, 7) is 10.6. The molecule has 0 amide bonds. The van der Waals surface area contributed by atoms with Crippen LogP contribution in [0.3, 0.4) is 0 Å². The summed E-state index contributed by atoms with van der Waals surface area (Å²) in [4.78, 5) is 12.2. The maximum atomic E-state index is 12.2. The molecule has 1 rings (SSSR count). The number of hydrogen-bond acceptors (Lipinski definition) is 1. The number of Topliss-reactive ketones (excluding diaryl/α,β-unsaturated/α-hetero) is 1. The van der Waals surface area contributed by atoms with Gasteiger partial charge in [-0.2, -0.15) is 0 Å². The van der Waals surface area contributed by atoms with Crippen molar-refractivity contribution in [2.45, 2.75) is 60.3 Å². The van der Waals surface area contributed by atoms with E-state index in [9.17, 15) is 4.79 Å². The highest BCUT2D eigenvalue weighted by Gasteiger charge is 2.36. The van der Waals surface area contributed by atoms with Gasteiger partial charge in [-0.05, 0) is 40.0 Å². The Kier molecular flexibility index (Phi) is 3.75. The number of ketones is 1. The van der Waals surface area contributed by atoms with Crippen LogP contribution in [0.15, 0.2) is 11.1 Å². The fourth-order valence-corrected chi connectivity index (χ4v) is 2.37. The van der Waals surface area contributed by atoms with Crippen molar-refractivity contribution in [3.63, 3.8) is 0 Å². The first-order chi connectivity index (χ1) is 6.84. The third kappa shape index (κ3) is 2.93. The van der Waals surface area contributed by atoms with Crippen LogP contribution in [0.1, 0.15) is 60.3 Å². The first kappa shape index (κ1) is 12.5. The van der Waals surface area contributed by atoms with Crippen LogP contribution < -0.4 is 0 Å². The summed E-state index contributed by atoms with van der Waals surface area (Å²) < 4.78 is 0. The molecule has 0 radical (unpaired) electrons. The second-order valence-electron chi connectivity index (χ2n) is 5.82. The number of allylic oxidation sites excluding steroid dienone is 2. The van der Waals surface area contributed by atoms with Gasteiger partial charge in [0.2, 0.25) is 0 Å². The molecule has 0 aromatic heterocycles. The maximum absolute atomic E-state index is 12.2. The van der Waals surface area contributed by atoms with Gasteiger partial charge in [0.1, 0.15) is 5.78 Å². The highest BCUT2D eigenvalue weighted by Crippen LogP contribution is 2.38. The van der Waals surface area contributed by atoms with E-state index < -0.39 is 0 Å². The molecule has 0 saturated heterocycles. The predicted molar refractivity (Wildman–Crippen MR) is 64.8 cm³/mol. The third-order valence-electron chi connectivity index (χ3n) is 3.80. The molecule has 1 aliphatic rings. The standard InChI is InChI=1S/C14H24O/c1-10(2)11(3)9-12-7-6-8-14(4,5)13(12)15/h12H,6-9H2,1-5H3. The number of hydrogen-bond donors (Lipinski definition) is 0. The fraction of sp³-hybridized carbons (Fsp3) is 0.786. The Balaban J connectivity index is 2.72. The molecule has 1 nitrogen and oxygen atoms in total. The lowest BCUT2D eigenvalue weighted by atomic mass is 9.69. The van der Waals surface area contributed by atoms with Crippen LogP contribution in [0.25, 0.3) is 0 Å². The lowest BCUT2D eigenvalue weighted by Gasteiger charge is -2.34. The molecule has 0 aliphatic heterocycles. The van der Waals surface area contributed by atoms with Crippen molar-refractivity contribution in [3.05, 3.63) is 11.1 Å². The van der Waals surface area contributed by atoms with E-state index in [1.807, 2.05) is 0 Å². The van der Waals surface area contributed by atoms with Crippen LogP contribution in [-0.4, -0.2) is 5.78 Å². The van der Waals surface area contributed by atoms with Gasteiger partial charge in [0.15, 0.2) is 0 Å². The van der Waals surface area contributed by atoms with E-state index in [0.29, 0.717) is 5.78 Å². The van der Waals surface area contributed by atoms with Gasteiger partial charge >= 0.3 is 0 Å². The van der Waals surface area contributed by atoms with Gasteiger partial charge in [-0.1, -0.05) is 31.4 Å². The molecule has 1 fully saturated rings. The van der Waals surface area contributed by atoms with Crippen molar-refractivity contribution < 1.29 is 4.79 Å². The first-order valence-electron chi connectivity index (χ1n) is 6.02. The molecule has 15 heavy (non-hydrogen) atoms. The molecule has 0 aromatic carbocycles. The van der Waals surface area contributed by atoms with Crippen molar-refractivity contribution in [2.75, 3.05) is 0 Å². The summed E-state index contributed by atoms with van der Waals surface area (Å²) in [6.07, 6.45) is 4.34. The minimum atomic E-state index is -0.0785. The van der Waals surface area contributed by atoms with Crippen LogP contribution in [0.5, 0.6) is 0 Å². The van der Waals surface area contributed by atoms with E-state index in [1.165, 1.54) is 17.6 Å². The molecular formula is C14H24O. The average molecular weight is 208 g/mol. The van der Waals surface area contributed by atoms with Crippen LogP contribution in [0, 0.1) is 11.3 Å². The van der Waals surface area contributed by atoms with Gasteiger partial charge < -0.3 is 0 Å². The molecule has 0 aromatic rings. The van der Waals surface area contributed by atoms with Crippen LogP contribution >= 0.6 is 0 Å². The molecule has 1 heteroatoms. The van der Waals surface area contributed by atoms with Crippen molar-refractivity contribution >= 4 is 5.78 Å². The summed E-state index contributed by atoms with van der Waals surface area (Å²) in [6, 6.07) is 0. The molecule has 0 spiro atoms. The maximum Gasteiger partial charge on any atom is 0.141 e. The lowest BCUT2D eigenvalue weighted by molar-refractivity contribution is -0.134. The smallest absolute Gasteiger partial charge is 0.141 e. The Bertz CT molecular complexity index is 280. The average Bonchev–Trinajstić information content (AvgIpc) is 2.12. The fourth-order valence-electron chi connectivity index (χ4n) is 2.37. The van der Waals surface area contributed by atoms with Gasteiger partial charge in [0.05, 0.1) is 0 Å². The van der Waals surface area contributed by atoms with E-state index in [2.05, 4.69) is 34.6 Å². The highest BCUT2D eigenvalue weighted by molar-refractivity contribution is 5.87. The molecule has 0 heterocycles. The Morgan fingerprint density at radius 3 is 2.47 bits per heavy atom. The topological polar surface area (TPSA) is 17.1 Å². The molecule has 1 aliphatic carbocycles. The lowest BCUT2D eigenvalue weighted by Crippen LogP contribution is -2.35. The van der Waals surface area contributed by atoms with Crippen molar-refractivity contribution in [3.8, 4) is 0 Å². The van der Waals surface area contributed by atoms with E-state index in [4.69, 9.17) is 0 Å². The Hall–Kier alpha value is -0.590. The molecule has 0 N–H and O–H groups in total. The second kappa shape index (κ2) is 4.51. The van der Waals surface area contributed by atoms with Crippen molar-refractivity contribution in [1.82, 2.24) is 0 Å². The molecule has 1 saturated carbocycles. The second-order valence-corrected chi connectivity index (χ2v) is 5.82. The summed E-state index contributed by atoms with van der Waals surface area (Å²) >= 11 is 0. The molecule has 86 valence electrons. The number of carbonyl (C=O) groups is 1. The summed E-state index contributed by atoms with van der Waals surface area (Å²) in [5.74, 6) is 0.762. The van der Waals surface area contributed by atoms with Gasteiger partial charge in [-0.3, -0.25) is 4.79 Å². The van der Waals surface area contributed by atoms with Gasteiger partial charge in [-0.25, -0.2) is 0 Å². The molecule has 1 atom stereocenters. The number of rotatable bonds is 2. The predicted octanol–water partition coefficient (Wildman–Crippen LogP) is 4.13. The number of carbonyl (C=O) groups excluding carboxylic acids is 1. The van der Waals surface area contributed by atoms with E-state index in [-0.39, 0.29) is 11.3 Å². The zero-order chi connectivity index (χ0) is 11.6. The Morgan fingerprint density at radius 1 is 1.33 bits per heavy atom. The minimum Gasteiger partial charge on any atom is -0.299 e. The van der Waals surface area contributed by atoms with Crippen LogP contribution in [0.4, 0.5) is 0 Å². The monoisotopic (exact) mass is 208 g/mol. The summed E-state index contributed by atoms with van der Waals surface area (Å²) in [7, 11) is 0. The molecular weight excluding hydrogens is 184 g/mol. The van der Waals surface area contributed by atoms with Gasteiger partial charge in [-0.15, -0.1) is 0 Å². The van der Waals surface area contributed by atoms with E-state index >= 15 is 0 Å². The van der Waals surface area contributed by atoms with Crippen molar-refractivity contribution in [1.29, 1.82) is 0 Å². The zero-order valence-corrected chi connectivity index (χ0v) is 10.8. The summed E-state index contributed by atoms with van der Waals surface area (Å²) in [5.41, 5.74) is 2.68. The first-order valence-corrected chi connectivity index (χ1v) is 6.02. The van der Waals surface area contributed by atoms with Crippen LogP contribution in [0.2, 0.25) is 0 Å². The zero-order valence-electron chi connectivity index (χ0n) is 10.8. The van der Waals surface area contributed by atoms with E-state index in [0.717, 1.165) is 19.3 Å². The minimum absolute atomic E-state index is 0.0785. The van der Waals surface area contributed by atoms with Gasteiger partial charge in [0.25, 0.3) is 0 Å². The SMILES string of the molecule is CC(C)=C(C)CC1CCCC(C)(C)C1=O. The largest absolute Gasteiger partial charge is 0.299 e. The third-order valence-corrected chi connectivity index (χ3v) is 3.80. The normalized spacial score (nSPS) is 25.1. The van der Waals surface area contributed by atoms with Crippen molar-refractivity contribution in [2.24, 2.45) is 11.3 Å². The van der Waals surface area contributed by atoms with Crippen LogP contribution in [-0.2, 0) is 4.79 Å². The quantitative estimate of drug-likeness (QED) is 0.624. The summed E-state index contributed by atoms with van der Waals surface area (Å²) in [5, 5.41) is 0. The highest BCUT2D eigenvalue weighted by atomic mass is 16.1. The van der Waals surface area contributed by atoms with E-state index in [1.54, 1.807) is 0 Å². The Labute approximate surface area is 93.9 Å². The van der Waals surface area contributed by atoms with Gasteiger partial charge in [0, 0.05) is 11.3 Å². The molecule has 0 bridgehead atoms.